The number of nitrogens with one attached hydrogen (secondary N) is 1. The van der Waals surface area contributed by atoms with Gasteiger partial charge in [-0.15, -0.1) is 0 Å². The first-order valence-electron chi connectivity index (χ1n) is 7.40. The van der Waals surface area contributed by atoms with Crippen LogP contribution in [0.25, 0.3) is 0 Å². The van der Waals surface area contributed by atoms with Gasteiger partial charge in [-0.25, -0.2) is 0 Å². The maximum Gasteiger partial charge on any atom is 0.161 e. The van der Waals surface area contributed by atoms with E-state index in [-0.39, 0.29) is 0 Å². The monoisotopic (exact) mass is 296 g/mol. The molecule has 5 heteroatoms. The van der Waals surface area contributed by atoms with Crippen molar-refractivity contribution in [3.63, 3.8) is 0 Å². The first-order valence-corrected chi connectivity index (χ1v) is 7.40. The second kappa shape index (κ2) is 10.4. The summed E-state index contributed by atoms with van der Waals surface area (Å²) in [5, 5.41) is 3.32. The molecular weight excluding hydrogens is 268 g/mol. The molecule has 0 aliphatic heterocycles. The Morgan fingerprint density at radius 2 is 1.90 bits per heavy atom. The fourth-order valence-corrected chi connectivity index (χ4v) is 1.80. The Morgan fingerprint density at radius 3 is 2.57 bits per heavy atom. The third-order valence-electron chi connectivity index (χ3n) is 2.92. The molecule has 1 N–H and O–H groups in total. The fourth-order valence-electron chi connectivity index (χ4n) is 1.80. The van der Waals surface area contributed by atoms with E-state index in [2.05, 4.69) is 16.3 Å². The zero-order chi connectivity index (χ0) is 15.5. The van der Waals surface area contributed by atoms with Crippen molar-refractivity contribution < 1.29 is 14.2 Å². The minimum absolute atomic E-state index is 0.630. The van der Waals surface area contributed by atoms with Crippen LogP contribution in [0.3, 0.4) is 0 Å². The summed E-state index contributed by atoms with van der Waals surface area (Å²) in [5.74, 6) is 1.61. The molecule has 0 amide bonds. The van der Waals surface area contributed by atoms with Gasteiger partial charge in [0.05, 0.1) is 13.2 Å². The van der Waals surface area contributed by atoms with E-state index < -0.39 is 0 Å². The minimum atomic E-state index is 0.630. The lowest BCUT2D eigenvalue weighted by atomic mass is 10.2. The predicted molar refractivity (Wildman–Crippen MR) is 85.2 cm³/mol. The molecule has 1 rings (SSSR count). The summed E-state index contributed by atoms with van der Waals surface area (Å²) in [4.78, 5) is 2.09. The molecule has 0 spiro atoms. The summed E-state index contributed by atoms with van der Waals surface area (Å²) in [6.45, 7) is 6.48. The molecule has 0 atom stereocenters. The molecule has 0 heterocycles. The Balaban J connectivity index is 2.58. The van der Waals surface area contributed by atoms with Crippen LogP contribution < -0.4 is 14.8 Å². The van der Waals surface area contributed by atoms with Gasteiger partial charge in [0.1, 0.15) is 6.61 Å². The van der Waals surface area contributed by atoms with Gasteiger partial charge in [-0.2, -0.15) is 0 Å². The zero-order valence-corrected chi connectivity index (χ0v) is 13.6. The van der Waals surface area contributed by atoms with Crippen LogP contribution >= 0.6 is 0 Å². The SMILES string of the molecule is CCOc1cc(CNCCOC)ccc1OCCN(C)C. The minimum Gasteiger partial charge on any atom is -0.490 e. The fraction of sp³-hybridized carbons (Fsp3) is 0.625. The van der Waals surface area contributed by atoms with Crippen LogP contribution in [0.5, 0.6) is 11.5 Å². The summed E-state index contributed by atoms with van der Waals surface area (Å²) in [6.07, 6.45) is 0. The van der Waals surface area contributed by atoms with E-state index in [4.69, 9.17) is 14.2 Å². The van der Waals surface area contributed by atoms with Crippen molar-refractivity contribution in [2.45, 2.75) is 13.5 Å². The van der Waals surface area contributed by atoms with Gasteiger partial charge < -0.3 is 24.4 Å². The van der Waals surface area contributed by atoms with Crippen molar-refractivity contribution in [3.05, 3.63) is 23.8 Å². The molecule has 21 heavy (non-hydrogen) atoms. The topological polar surface area (TPSA) is 43.0 Å². The van der Waals surface area contributed by atoms with Crippen LogP contribution in [-0.4, -0.2) is 59.0 Å². The number of hydrogen-bond donors (Lipinski definition) is 1. The zero-order valence-electron chi connectivity index (χ0n) is 13.6. The smallest absolute Gasteiger partial charge is 0.161 e. The molecule has 0 aliphatic rings. The van der Waals surface area contributed by atoms with Crippen LogP contribution in [0.4, 0.5) is 0 Å². The lowest BCUT2D eigenvalue weighted by molar-refractivity contribution is 0.199. The Labute approximate surface area is 128 Å². The molecule has 1 aromatic carbocycles. The Kier molecular flexibility index (Phi) is 8.82. The van der Waals surface area contributed by atoms with Gasteiger partial charge in [0.15, 0.2) is 11.5 Å². The van der Waals surface area contributed by atoms with Crippen molar-refractivity contribution in [1.29, 1.82) is 0 Å². The van der Waals surface area contributed by atoms with Gasteiger partial charge in [0, 0.05) is 26.7 Å². The first kappa shape index (κ1) is 17.8. The van der Waals surface area contributed by atoms with Crippen LogP contribution in [0.15, 0.2) is 18.2 Å². The molecule has 0 fully saturated rings. The van der Waals surface area contributed by atoms with Gasteiger partial charge in [-0.1, -0.05) is 6.07 Å². The highest BCUT2D eigenvalue weighted by Gasteiger charge is 2.06. The number of hydrogen-bond acceptors (Lipinski definition) is 5. The molecule has 120 valence electrons. The van der Waals surface area contributed by atoms with E-state index in [0.29, 0.717) is 19.8 Å². The Morgan fingerprint density at radius 1 is 1.10 bits per heavy atom. The standard InChI is InChI=1S/C16H28N2O3/c1-5-20-16-12-14(13-17-8-10-19-4)6-7-15(16)21-11-9-18(2)3/h6-7,12,17H,5,8-11,13H2,1-4H3. The number of rotatable bonds is 11. The summed E-state index contributed by atoms with van der Waals surface area (Å²) >= 11 is 0. The van der Waals surface area contributed by atoms with Crippen molar-refractivity contribution in [3.8, 4) is 11.5 Å². The molecule has 5 nitrogen and oxygen atoms in total. The number of likely N-dealkylation sites (N-methyl/N-ethyl adjacent to an activating group) is 1. The molecule has 0 saturated carbocycles. The maximum absolute atomic E-state index is 5.79. The molecule has 0 saturated heterocycles. The van der Waals surface area contributed by atoms with E-state index in [1.165, 1.54) is 5.56 Å². The normalized spacial score (nSPS) is 10.9. The third-order valence-corrected chi connectivity index (χ3v) is 2.92. The van der Waals surface area contributed by atoms with Gasteiger partial charge in [0.2, 0.25) is 0 Å². The molecule has 0 aliphatic carbocycles. The van der Waals surface area contributed by atoms with Gasteiger partial charge in [-0.3, -0.25) is 0 Å². The van der Waals surface area contributed by atoms with Crippen LogP contribution in [0.2, 0.25) is 0 Å². The highest BCUT2D eigenvalue weighted by molar-refractivity contribution is 5.43. The van der Waals surface area contributed by atoms with E-state index in [9.17, 15) is 0 Å². The molecule has 0 radical (unpaired) electrons. The molecule has 0 aromatic heterocycles. The quantitative estimate of drug-likeness (QED) is 0.630. The molecule has 0 bridgehead atoms. The first-order chi connectivity index (χ1) is 10.2. The molecule has 0 unspecified atom stereocenters. The van der Waals surface area contributed by atoms with Gasteiger partial charge in [-0.05, 0) is 38.7 Å². The average molecular weight is 296 g/mol. The summed E-state index contributed by atoms with van der Waals surface area (Å²) in [7, 11) is 5.76. The summed E-state index contributed by atoms with van der Waals surface area (Å²) in [5.41, 5.74) is 1.18. The maximum atomic E-state index is 5.79. The van der Waals surface area contributed by atoms with E-state index >= 15 is 0 Å². The lowest BCUT2D eigenvalue weighted by Crippen LogP contribution is -2.20. The number of nitrogens with zero attached hydrogens (tertiary/aromatic N) is 1. The van der Waals surface area contributed by atoms with Crippen molar-refractivity contribution in [2.75, 3.05) is 54.1 Å². The van der Waals surface area contributed by atoms with Crippen LogP contribution in [0, 0.1) is 0 Å². The molecule has 1 aromatic rings. The average Bonchev–Trinajstić information content (AvgIpc) is 2.45. The van der Waals surface area contributed by atoms with E-state index in [0.717, 1.165) is 31.1 Å². The van der Waals surface area contributed by atoms with Crippen molar-refractivity contribution in [1.82, 2.24) is 10.2 Å². The third kappa shape index (κ3) is 7.32. The van der Waals surface area contributed by atoms with E-state index in [1.54, 1.807) is 7.11 Å². The number of methoxy groups -OCH3 is 1. The summed E-state index contributed by atoms with van der Waals surface area (Å²) < 4.78 is 16.5. The number of ether oxygens (including phenoxy) is 3. The second-order valence-electron chi connectivity index (χ2n) is 5.04. The highest BCUT2D eigenvalue weighted by atomic mass is 16.5. The Hall–Kier alpha value is -1.30. The van der Waals surface area contributed by atoms with Crippen molar-refractivity contribution >= 4 is 0 Å². The van der Waals surface area contributed by atoms with Crippen molar-refractivity contribution in [2.24, 2.45) is 0 Å². The Bertz CT molecular complexity index is 397. The van der Waals surface area contributed by atoms with Gasteiger partial charge >= 0.3 is 0 Å². The largest absolute Gasteiger partial charge is 0.490 e. The van der Waals surface area contributed by atoms with Crippen LogP contribution in [-0.2, 0) is 11.3 Å². The predicted octanol–water partition coefficient (Wildman–Crippen LogP) is 1.76. The van der Waals surface area contributed by atoms with E-state index in [1.807, 2.05) is 33.2 Å². The lowest BCUT2D eigenvalue weighted by Gasteiger charge is -2.15. The van der Waals surface area contributed by atoms with Gasteiger partial charge in [0.25, 0.3) is 0 Å². The summed E-state index contributed by atoms with van der Waals surface area (Å²) in [6, 6.07) is 6.08. The number of benzene rings is 1. The molecular formula is C16H28N2O3. The highest BCUT2D eigenvalue weighted by Crippen LogP contribution is 2.28. The van der Waals surface area contributed by atoms with Crippen LogP contribution in [0.1, 0.15) is 12.5 Å². The second-order valence-corrected chi connectivity index (χ2v) is 5.04.